The first-order chi connectivity index (χ1) is 15.1. The van der Waals surface area contributed by atoms with Crippen LogP contribution in [0.3, 0.4) is 0 Å². The number of ether oxygens (including phenoxy) is 2. The van der Waals surface area contributed by atoms with Gasteiger partial charge in [-0.2, -0.15) is 0 Å². The van der Waals surface area contributed by atoms with Gasteiger partial charge in [-0.25, -0.2) is 0 Å². The van der Waals surface area contributed by atoms with Crippen LogP contribution in [0, 0.1) is 6.92 Å². The van der Waals surface area contributed by atoms with Crippen LogP contribution in [0.2, 0.25) is 0 Å². The summed E-state index contributed by atoms with van der Waals surface area (Å²) < 4.78 is 11.0. The van der Waals surface area contributed by atoms with E-state index < -0.39 is 0 Å². The van der Waals surface area contributed by atoms with Crippen molar-refractivity contribution in [3.05, 3.63) is 64.7 Å². The fourth-order valence-electron chi connectivity index (χ4n) is 3.23. The molecule has 2 aromatic carbocycles. The molecule has 170 valence electrons. The number of aliphatic imine (C=N–C) groups is 1. The minimum atomic E-state index is 0.532. The third-order valence-electron chi connectivity index (χ3n) is 5.22. The molecule has 0 amide bonds. The minimum absolute atomic E-state index is 0.532. The van der Waals surface area contributed by atoms with Crippen LogP contribution in [0.4, 0.5) is 0 Å². The second-order valence-corrected chi connectivity index (χ2v) is 7.51. The third kappa shape index (κ3) is 8.59. The Hall–Kier alpha value is -2.57. The first-order valence-electron chi connectivity index (χ1n) is 11.1. The highest BCUT2D eigenvalue weighted by atomic mass is 16.5. The fraction of sp³-hybridized carbons (Fsp3) is 0.480. The van der Waals surface area contributed by atoms with E-state index in [2.05, 4.69) is 83.8 Å². The minimum Gasteiger partial charge on any atom is -0.491 e. The van der Waals surface area contributed by atoms with E-state index in [9.17, 15) is 0 Å². The summed E-state index contributed by atoms with van der Waals surface area (Å²) in [6.07, 6.45) is 0. The lowest BCUT2D eigenvalue weighted by atomic mass is 10.1. The zero-order valence-corrected chi connectivity index (χ0v) is 19.7. The van der Waals surface area contributed by atoms with Crippen molar-refractivity contribution < 1.29 is 9.47 Å². The maximum atomic E-state index is 5.88. The number of nitrogens with one attached hydrogen (secondary N) is 2. The van der Waals surface area contributed by atoms with Crippen molar-refractivity contribution >= 4 is 5.96 Å². The molecule has 0 aromatic heterocycles. The summed E-state index contributed by atoms with van der Waals surface area (Å²) in [5.74, 6) is 1.64. The summed E-state index contributed by atoms with van der Waals surface area (Å²) in [5.41, 5.74) is 4.83. The van der Waals surface area contributed by atoms with Gasteiger partial charge in [-0.3, -0.25) is 9.89 Å². The van der Waals surface area contributed by atoms with E-state index in [4.69, 9.17) is 9.47 Å². The third-order valence-corrected chi connectivity index (χ3v) is 5.22. The Morgan fingerprint density at radius 1 is 0.935 bits per heavy atom. The number of benzene rings is 2. The van der Waals surface area contributed by atoms with E-state index in [-0.39, 0.29) is 0 Å². The molecule has 0 saturated carbocycles. The molecular weight excluding hydrogens is 388 g/mol. The molecule has 0 radical (unpaired) electrons. The van der Waals surface area contributed by atoms with Crippen LogP contribution in [0.5, 0.6) is 5.75 Å². The Morgan fingerprint density at radius 2 is 1.61 bits per heavy atom. The summed E-state index contributed by atoms with van der Waals surface area (Å²) >= 11 is 0. The van der Waals surface area contributed by atoms with E-state index in [1.807, 2.05) is 0 Å². The molecule has 2 aromatic rings. The first-order valence-corrected chi connectivity index (χ1v) is 11.1. The first kappa shape index (κ1) is 24.7. The van der Waals surface area contributed by atoms with Crippen LogP contribution in [0.25, 0.3) is 0 Å². The van der Waals surface area contributed by atoms with Crippen molar-refractivity contribution in [1.82, 2.24) is 15.5 Å². The molecule has 0 saturated heterocycles. The molecule has 0 heterocycles. The highest BCUT2D eigenvalue weighted by Crippen LogP contribution is 2.20. The van der Waals surface area contributed by atoms with Gasteiger partial charge in [0, 0.05) is 39.4 Å². The molecule has 2 rings (SSSR count). The van der Waals surface area contributed by atoms with Gasteiger partial charge in [-0.1, -0.05) is 50.2 Å². The molecule has 0 unspecified atom stereocenters. The van der Waals surface area contributed by atoms with Crippen LogP contribution in [-0.4, -0.2) is 51.3 Å². The number of hydrogen-bond acceptors (Lipinski definition) is 4. The molecule has 0 spiro atoms. The normalized spacial score (nSPS) is 11.6. The number of hydrogen-bond donors (Lipinski definition) is 2. The van der Waals surface area contributed by atoms with Crippen molar-refractivity contribution in [2.75, 3.05) is 40.5 Å². The lowest BCUT2D eigenvalue weighted by molar-refractivity contribution is 0.145. The van der Waals surface area contributed by atoms with Gasteiger partial charge in [-0.05, 0) is 42.8 Å². The molecule has 0 aliphatic heterocycles. The number of aryl methyl sites for hydroxylation is 1. The molecule has 0 fully saturated rings. The average molecular weight is 427 g/mol. The number of methoxy groups -OCH3 is 1. The van der Waals surface area contributed by atoms with Gasteiger partial charge in [0.05, 0.1) is 6.61 Å². The highest BCUT2D eigenvalue weighted by Gasteiger charge is 2.07. The van der Waals surface area contributed by atoms with Gasteiger partial charge >= 0.3 is 0 Å². The zero-order valence-electron chi connectivity index (χ0n) is 19.7. The lowest BCUT2D eigenvalue weighted by Gasteiger charge is -2.18. The van der Waals surface area contributed by atoms with E-state index in [1.54, 1.807) is 14.2 Å². The molecule has 6 nitrogen and oxygen atoms in total. The van der Waals surface area contributed by atoms with Crippen LogP contribution in [0.15, 0.2) is 47.5 Å². The van der Waals surface area contributed by atoms with Gasteiger partial charge in [0.15, 0.2) is 5.96 Å². The Kier molecular flexibility index (Phi) is 10.9. The van der Waals surface area contributed by atoms with Crippen molar-refractivity contribution in [2.45, 2.75) is 40.4 Å². The smallest absolute Gasteiger partial charge is 0.191 e. The lowest BCUT2D eigenvalue weighted by Crippen LogP contribution is -2.36. The van der Waals surface area contributed by atoms with Crippen molar-refractivity contribution in [2.24, 2.45) is 4.99 Å². The molecule has 0 bridgehead atoms. The maximum Gasteiger partial charge on any atom is 0.191 e. The van der Waals surface area contributed by atoms with Crippen molar-refractivity contribution in [3.63, 3.8) is 0 Å². The van der Waals surface area contributed by atoms with E-state index in [0.29, 0.717) is 19.8 Å². The monoisotopic (exact) mass is 426 g/mol. The van der Waals surface area contributed by atoms with Crippen LogP contribution in [-0.2, 0) is 24.4 Å². The van der Waals surface area contributed by atoms with Gasteiger partial charge in [0.2, 0.25) is 0 Å². The molecule has 31 heavy (non-hydrogen) atoms. The van der Waals surface area contributed by atoms with Gasteiger partial charge in [0.25, 0.3) is 0 Å². The average Bonchev–Trinajstić information content (AvgIpc) is 2.79. The molecule has 0 aliphatic rings. The summed E-state index contributed by atoms with van der Waals surface area (Å²) in [5, 5.41) is 6.77. The summed E-state index contributed by atoms with van der Waals surface area (Å²) in [4.78, 5) is 6.76. The predicted molar refractivity (Wildman–Crippen MR) is 129 cm³/mol. The molecule has 0 atom stereocenters. The van der Waals surface area contributed by atoms with Crippen molar-refractivity contribution in [3.8, 4) is 5.75 Å². The van der Waals surface area contributed by atoms with Gasteiger partial charge in [-0.15, -0.1) is 0 Å². The Morgan fingerprint density at radius 3 is 2.26 bits per heavy atom. The Balaban J connectivity index is 1.88. The summed E-state index contributed by atoms with van der Waals surface area (Å²) in [6, 6.07) is 15.0. The second kappa shape index (κ2) is 13.7. The van der Waals surface area contributed by atoms with Crippen molar-refractivity contribution in [1.29, 1.82) is 0 Å². The predicted octanol–water partition coefficient (Wildman–Crippen LogP) is 3.73. The van der Waals surface area contributed by atoms with E-state index in [0.717, 1.165) is 43.5 Å². The number of nitrogens with zero attached hydrogens (tertiary/aromatic N) is 2. The summed E-state index contributed by atoms with van der Waals surface area (Å²) in [6.45, 7) is 12.0. The fourth-order valence-corrected chi connectivity index (χ4v) is 3.23. The maximum absolute atomic E-state index is 5.88. The summed E-state index contributed by atoms with van der Waals surface area (Å²) in [7, 11) is 3.46. The molecule has 6 heteroatoms. The molecular formula is C25H38N4O2. The molecule has 2 N–H and O–H groups in total. The number of guanidine groups is 1. The van der Waals surface area contributed by atoms with Gasteiger partial charge in [0.1, 0.15) is 12.4 Å². The van der Waals surface area contributed by atoms with E-state index >= 15 is 0 Å². The van der Waals surface area contributed by atoms with Crippen LogP contribution < -0.4 is 15.4 Å². The number of rotatable bonds is 12. The van der Waals surface area contributed by atoms with E-state index in [1.165, 1.54) is 16.7 Å². The van der Waals surface area contributed by atoms with Gasteiger partial charge < -0.3 is 20.1 Å². The second-order valence-electron chi connectivity index (χ2n) is 7.51. The Bertz CT molecular complexity index is 802. The van der Waals surface area contributed by atoms with Crippen LogP contribution >= 0.6 is 0 Å². The largest absolute Gasteiger partial charge is 0.491 e. The Labute approximate surface area is 187 Å². The SMILES string of the molecule is CCN(CC)Cc1ccc(CNC(=NC)NCc2ccc(C)cc2OCCOC)cc1. The quantitative estimate of drug-likeness (QED) is 0.308. The highest BCUT2D eigenvalue weighted by molar-refractivity contribution is 5.79. The standard InChI is InChI=1S/C25H38N4O2/c1-6-29(7-2)19-22-11-9-21(10-12-22)17-27-25(26-4)28-18-23-13-8-20(3)16-24(23)31-15-14-30-5/h8-13,16H,6-7,14-15,17-19H2,1-5H3,(H2,26,27,28). The van der Waals surface area contributed by atoms with Crippen LogP contribution in [0.1, 0.15) is 36.1 Å². The zero-order chi connectivity index (χ0) is 22.5. The molecule has 0 aliphatic carbocycles. The topological polar surface area (TPSA) is 58.1 Å².